The van der Waals surface area contributed by atoms with E-state index in [1.165, 1.54) is 12.8 Å². The maximum Gasteiger partial charge on any atom is 0.185 e. The Morgan fingerprint density at radius 2 is 1.65 bits per heavy atom. The van der Waals surface area contributed by atoms with Crippen LogP contribution in [0.1, 0.15) is 12.8 Å². The van der Waals surface area contributed by atoms with Crippen LogP contribution in [0.25, 0.3) is 17.0 Å². The van der Waals surface area contributed by atoms with Crippen LogP contribution in [0.15, 0.2) is 42.5 Å². The Morgan fingerprint density at radius 1 is 0.850 bits per heavy atom. The van der Waals surface area contributed by atoms with Crippen LogP contribution >= 0.6 is 0 Å². The number of benzene rings is 1. The molecule has 20 heavy (non-hydrogen) atoms. The van der Waals surface area contributed by atoms with Gasteiger partial charge in [-0.3, -0.25) is 0 Å². The lowest BCUT2D eigenvalue weighted by molar-refractivity contribution is 0.861. The minimum absolute atomic E-state index is 0.784. The van der Waals surface area contributed by atoms with Gasteiger partial charge < -0.3 is 4.90 Å². The molecule has 5 heteroatoms. The molecule has 0 spiro atoms. The number of rotatable bonds is 2. The fourth-order valence-electron chi connectivity index (χ4n) is 2.66. The molecule has 4 rings (SSSR count). The first-order chi connectivity index (χ1) is 9.92. The number of fused-ring (bicyclic) bond motifs is 1. The van der Waals surface area contributed by atoms with Gasteiger partial charge in [0.1, 0.15) is 5.82 Å². The molecule has 1 aliphatic heterocycles. The van der Waals surface area contributed by atoms with Gasteiger partial charge in [-0.1, -0.05) is 30.3 Å². The minimum Gasteiger partial charge on any atom is -0.355 e. The van der Waals surface area contributed by atoms with Crippen molar-refractivity contribution in [2.24, 2.45) is 0 Å². The van der Waals surface area contributed by atoms with Crippen molar-refractivity contribution >= 4 is 11.5 Å². The molecule has 5 nitrogen and oxygen atoms in total. The van der Waals surface area contributed by atoms with Crippen LogP contribution in [0, 0.1) is 0 Å². The second-order valence-electron chi connectivity index (χ2n) is 5.05. The summed E-state index contributed by atoms with van der Waals surface area (Å²) in [7, 11) is 0. The van der Waals surface area contributed by atoms with Gasteiger partial charge >= 0.3 is 0 Å². The summed E-state index contributed by atoms with van der Waals surface area (Å²) in [5, 5.41) is 13.2. The molecule has 1 aromatic carbocycles. The molecule has 0 N–H and O–H groups in total. The summed E-state index contributed by atoms with van der Waals surface area (Å²) in [4.78, 5) is 2.31. The van der Waals surface area contributed by atoms with E-state index in [-0.39, 0.29) is 0 Å². The standard InChI is InChI=1S/C15H15N5/c1-2-6-12(7-3-1)15-17-16-13-8-9-14(18-20(13)15)19-10-4-5-11-19/h1-3,6-9H,4-5,10-11H2. The van der Waals surface area contributed by atoms with E-state index in [1.54, 1.807) is 0 Å². The molecule has 0 atom stereocenters. The van der Waals surface area contributed by atoms with Crippen molar-refractivity contribution in [1.29, 1.82) is 0 Å². The highest BCUT2D eigenvalue weighted by atomic mass is 15.4. The lowest BCUT2D eigenvalue weighted by Crippen LogP contribution is -2.19. The quantitative estimate of drug-likeness (QED) is 0.713. The van der Waals surface area contributed by atoms with Gasteiger partial charge in [0.15, 0.2) is 11.5 Å². The molecular weight excluding hydrogens is 250 g/mol. The average molecular weight is 265 g/mol. The fourth-order valence-corrected chi connectivity index (χ4v) is 2.66. The molecule has 0 saturated carbocycles. The van der Waals surface area contributed by atoms with Crippen LogP contribution in [-0.2, 0) is 0 Å². The van der Waals surface area contributed by atoms with E-state index in [4.69, 9.17) is 5.10 Å². The third kappa shape index (κ3) is 1.82. The van der Waals surface area contributed by atoms with E-state index in [0.717, 1.165) is 35.9 Å². The lowest BCUT2D eigenvalue weighted by atomic mass is 10.2. The number of anilines is 1. The van der Waals surface area contributed by atoms with Crippen molar-refractivity contribution in [3.05, 3.63) is 42.5 Å². The molecule has 0 bridgehead atoms. The smallest absolute Gasteiger partial charge is 0.185 e. The average Bonchev–Trinajstić information content (AvgIpc) is 3.17. The van der Waals surface area contributed by atoms with Crippen molar-refractivity contribution in [3.8, 4) is 11.4 Å². The maximum absolute atomic E-state index is 4.71. The molecule has 1 fully saturated rings. The van der Waals surface area contributed by atoms with Gasteiger partial charge in [0, 0.05) is 18.7 Å². The molecule has 3 heterocycles. The van der Waals surface area contributed by atoms with Crippen LogP contribution < -0.4 is 4.90 Å². The van der Waals surface area contributed by atoms with Crippen molar-refractivity contribution < 1.29 is 0 Å². The summed E-state index contributed by atoms with van der Waals surface area (Å²) >= 11 is 0. The second-order valence-corrected chi connectivity index (χ2v) is 5.05. The second kappa shape index (κ2) is 4.59. The number of hydrogen-bond acceptors (Lipinski definition) is 4. The third-order valence-electron chi connectivity index (χ3n) is 3.71. The zero-order chi connectivity index (χ0) is 13.4. The van der Waals surface area contributed by atoms with E-state index < -0.39 is 0 Å². The van der Waals surface area contributed by atoms with Gasteiger partial charge in [0.25, 0.3) is 0 Å². The predicted octanol–water partition coefficient (Wildman–Crippen LogP) is 2.39. The van der Waals surface area contributed by atoms with Crippen LogP contribution in [0.4, 0.5) is 5.82 Å². The molecule has 2 aromatic heterocycles. The Bertz CT molecular complexity index is 728. The minimum atomic E-state index is 0.784. The molecular formula is C15H15N5. The van der Waals surface area contributed by atoms with E-state index >= 15 is 0 Å². The Kier molecular flexibility index (Phi) is 2.62. The Labute approximate surface area is 116 Å². The summed E-state index contributed by atoms with van der Waals surface area (Å²) in [6, 6.07) is 14.1. The van der Waals surface area contributed by atoms with Gasteiger partial charge in [-0.25, -0.2) is 0 Å². The lowest BCUT2D eigenvalue weighted by Gasteiger charge is -2.15. The Hall–Kier alpha value is -2.43. The normalized spacial score (nSPS) is 15.1. The molecule has 100 valence electrons. The van der Waals surface area contributed by atoms with Crippen molar-refractivity contribution in [2.75, 3.05) is 18.0 Å². The van der Waals surface area contributed by atoms with Crippen LogP contribution in [0.3, 0.4) is 0 Å². The van der Waals surface area contributed by atoms with E-state index in [9.17, 15) is 0 Å². The summed E-state index contributed by atoms with van der Waals surface area (Å²) in [6.07, 6.45) is 2.49. The van der Waals surface area contributed by atoms with Crippen LogP contribution in [0.5, 0.6) is 0 Å². The zero-order valence-electron chi connectivity index (χ0n) is 11.1. The molecule has 1 saturated heterocycles. The maximum atomic E-state index is 4.71. The highest BCUT2D eigenvalue weighted by molar-refractivity contribution is 5.59. The van der Waals surface area contributed by atoms with E-state index in [2.05, 4.69) is 15.1 Å². The van der Waals surface area contributed by atoms with Crippen molar-refractivity contribution in [2.45, 2.75) is 12.8 Å². The Morgan fingerprint density at radius 3 is 2.45 bits per heavy atom. The van der Waals surface area contributed by atoms with E-state index in [0.29, 0.717) is 0 Å². The summed E-state index contributed by atoms with van der Waals surface area (Å²) in [5.41, 5.74) is 1.82. The first-order valence-electron chi connectivity index (χ1n) is 6.95. The SMILES string of the molecule is c1ccc(-c2nnc3ccc(N4CCCC4)nn23)cc1. The molecule has 3 aromatic rings. The van der Waals surface area contributed by atoms with Gasteiger partial charge in [-0.15, -0.1) is 15.3 Å². The topological polar surface area (TPSA) is 46.3 Å². The van der Waals surface area contributed by atoms with Crippen molar-refractivity contribution in [1.82, 2.24) is 19.8 Å². The molecule has 1 aliphatic rings. The van der Waals surface area contributed by atoms with Gasteiger partial charge in [0.05, 0.1) is 0 Å². The molecule has 0 amide bonds. The fraction of sp³-hybridized carbons (Fsp3) is 0.267. The number of hydrogen-bond donors (Lipinski definition) is 0. The Balaban J connectivity index is 1.84. The number of aromatic nitrogens is 4. The van der Waals surface area contributed by atoms with Crippen LogP contribution in [-0.4, -0.2) is 32.9 Å². The predicted molar refractivity (Wildman–Crippen MR) is 77.7 cm³/mol. The van der Waals surface area contributed by atoms with Gasteiger partial charge in [-0.05, 0) is 25.0 Å². The van der Waals surface area contributed by atoms with E-state index in [1.807, 2.05) is 47.0 Å². The monoisotopic (exact) mass is 265 g/mol. The summed E-state index contributed by atoms with van der Waals surface area (Å²) in [5.74, 6) is 1.80. The third-order valence-corrected chi connectivity index (χ3v) is 3.71. The molecule has 0 unspecified atom stereocenters. The van der Waals surface area contributed by atoms with Gasteiger partial charge in [0.2, 0.25) is 0 Å². The summed E-state index contributed by atoms with van der Waals surface area (Å²) < 4.78 is 1.84. The first-order valence-corrected chi connectivity index (χ1v) is 6.95. The first kappa shape index (κ1) is 11.4. The van der Waals surface area contributed by atoms with Crippen LogP contribution in [0.2, 0.25) is 0 Å². The molecule has 0 aliphatic carbocycles. The highest BCUT2D eigenvalue weighted by Gasteiger charge is 2.16. The zero-order valence-corrected chi connectivity index (χ0v) is 11.1. The van der Waals surface area contributed by atoms with Gasteiger partial charge in [-0.2, -0.15) is 4.52 Å². The largest absolute Gasteiger partial charge is 0.355 e. The summed E-state index contributed by atoms with van der Waals surface area (Å²) in [6.45, 7) is 2.17. The number of nitrogens with zero attached hydrogens (tertiary/aromatic N) is 5. The highest BCUT2D eigenvalue weighted by Crippen LogP contribution is 2.21. The molecule has 0 radical (unpaired) electrons. The van der Waals surface area contributed by atoms with Crippen molar-refractivity contribution in [3.63, 3.8) is 0 Å².